The molecule has 0 radical (unpaired) electrons. The molecule has 2 heteroatoms. The molecule has 0 fully saturated rings. The van der Waals surface area contributed by atoms with Gasteiger partial charge in [0.2, 0.25) is 0 Å². The summed E-state index contributed by atoms with van der Waals surface area (Å²) >= 11 is 1.92. The number of hydrogen-bond acceptors (Lipinski definition) is 2. The topological polar surface area (TPSA) is 12.0 Å². The Kier molecular flexibility index (Phi) is 6.07. The Balaban J connectivity index is 2.13. The first-order valence-electron chi connectivity index (χ1n) is 6.36. The van der Waals surface area contributed by atoms with Crippen molar-refractivity contribution >= 4 is 11.3 Å². The molecular weight excluding hydrogens is 214 g/mol. The van der Waals surface area contributed by atoms with Gasteiger partial charge in [0.15, 0.2) is 0 Å². The van der Waals surface area contributed by atoms with E-state index in [0.29, 0.717) is 6.04 Å². The number of rotatable bonds is 7. The van der Waals surface area contributed by atoms with Gasteiger partial charge in [-0.2, -0.15) is 0 Å². The van der Waals surface area contributed by atoms with Gasteiger partial charge in [0.25, 0.3) is 0 Å². The predicted octanol–water partition coefficient (Wildman–Crippen LogP) is 4.01. The molecule has 1 unspecified atom stereocenters. The highest BCUT2D eigenvalue weighted by molar-refractivity contribution is 7.11. The van der Waals surface area contributed by atoms with Gasteiger partial charge in [-0.05, 0) is 57.7 Å². The molecule has 1 rings (SSSR count). The van der Waals surface area contributed by atoms with E-state index in [1.165, 1.54) is 29.0 Å². The first-order valence-corrected chi connectivity index (χ1v) is 7.18. The van der Waals surface area contributed by atoms with E-state index < -0.39 is 0 Å². The van der Waals surface area contributed by atoms with Crippen LogP contribution in [0.15, 0.2) is 12.1 Å². The molecule has 0 spiro atoms. The van der Waals surface area contributed by atoms with Crippen LogP contribution in [0.1, 0.15) is 43.4 Å². The molecule has 1 atom stereocenters. The Labute approximate surface area is 104 Å². The zero-order valence-corrected chi connectivity index (χ0v) is 11.9. The van der Waals surface area contributed by atoms with Gasteiger partial charge in [-0.15, -0.1) is 11.3 Å². The summed E-state index contributed by atoms with van der Waals surface area (Å²) in [6, 6.07) is 5.07. The summed E-state index contributed by atoms with van der Waals surface area (Å²) in [5.41, 5.74) is 0. The van der Waals surface area contributed by atoms with E-state index in [2.05, 4.69) is 45.1 Å². The lowest BCUT2D eigenvalue weighted by Crippen LogP contribution is -2.28. The minimum absolute atomic E-state index is 0.602. The Morgan fingerprint density at radius 2 is 2.00 bits per heavy atom. The van der Waals surface area contributed by atoms with Crippen LogP contribution in [0.2, 0.25) is 0 Å². The van der Waals surface area contributed by atoms with Gasteiger partial charge >= 0.3 is 0 Å². The summed E-state index contributed by atoms with van der Waals surface area (Å²) in [7, 11) is 0. The number of nitrogens with one attached hydrogen (secondary N) is 1. The van der Waals surface area contributed by atoms with Gasteiger partial charge in [0.05, 0.1) is 0 Å². The van der Waals surface area contributed by atoms with Gasteiger partial charge < -0.3 is 5.32 Å². The van der Waals surface area contributed by atoms with Crippen LogP contribution in [-0.4, -0.2) is 12.6 Å². The quantitative estimate of drug-likeness (QED) is 0.709. The summed E-state index contributed by atoms with van der Waals surface area (Å²) in [4.78, 5) is 2.92. The maximum atomic E-state index is 3.60. The van der Waals surface area contributed by atoms with Crippen LogP contribution in [0, 0.1) is 12.8 Å². The zero-order chi connectivity index (χ0) is 12.0. The van der Waals surface area contributed by atoms with E-state index in [0.717, 1.165) is 12.5 Å². The molecule has 1 aromatic rings. The van der Waals surface area contributed by atoms with Gasteiger partial charge in [0, 0.05) is 15.8 Å². The molecule has 0 aliphatic heterocycles. The van der Waals surface area contributed by atoms with E-state index in [1.54, 1.807) is 0 Å². The second kappa shape index (κ2) is 7.08. The van der Waals surface area contributed by atoms with Crippen molar-refractivity contribution in [1.82, 2.24) is 5.32 Å². The molecule has 0 saturated heterocycles. The Morgan fingerprint density at radius 3 is 2.56 bits per heavy atom. The van der Waals surface area contributed by atoms with Crippen molar-refractivity contribution in [3.63, 3.8) is 0 Å². The third-order valence-electron chi connectivity index (χ3n) is 2.75. The lowest BCUT2D eigenvalue weighted by atomic mass is 10.1. The summed E-state index contributed by atoms with van der Waals surface area (Å²) < 4.78 is 0. The molecule has 0 aromatic carbocycles. The molecule has 0 amide bonds. The minimum atomic E-state index is 0.602. The molecule has 0 aliphatic rings. The van der Waals surface area contributed by atoms with Crippen molar-refractivity contribution in [3.05, 3.63) is 21.9 Å². The van der Waals surface area contributed by atoms with Crippen LogP contribution in [0.5, 0.6) is 0 Å². The molecule has 0 saturated carbocycles. The zero-order valence-electron chi connectivity index (χ0n) is 11.0. The number of thiophene rings is 1. The molecule has 1 aromatic heterocycles. The fourth-order valence-electron chi connectivity index (χ4n) is 1.83. The number of aryl methyl sites for hydroxylation is 1. The SMILES string of the molecule is Cc1ccc(CC(C)NCCCC(C)C)s1. The van der Waals surface area contributed by atoms with Crippen LogP contribution in [0.25, 0.3) is 0 Å². The monoisotopic (exact) mass is 239 g/mol. The van der Waals surface area contributed by atoms with E-state index in [-0.39, 0.29) is 0 Å². The van der Waals surface area contributed by atoms with Crippen LogP contribution in [0.4, 0.5) is 0 Å². The average molecular weight is 239 g/mol. The fraction of sp³-hybridized carbons (Fsp3) is 0.714. The summed E-state index contributed by atoms with van der Waals surface area (Å²) in [6.07, 6.45) is 3.80. The Morgan fingerprint density at radius 1 is 1.25 bits per heavy atom. The van der Waals surface area contributed by atoms with E-state index in [4.69, 9.17) is 0 Å². The van der Waals surface area contributed by atoms with Crippen molar-refractivity contribution in [2.75, 3.05) is 6.54 Å². The third-order valence-corrected chi connectivity index (χ3v) is 3.78. The normalized spacial score (nSPS) is 13.3. The second-order valence-corrected chi connectivity index (χ2v) is 6.48. The van der Waals surface area contributed by atoms with E-state index >= 15 is 0 Å². The first kappa shape index (κ1) is 13.7. The lowest BCUT2D eigenvalue weighted by molar-refractivity contribution is 0.488. The molecule has 0 aliphatic carbocycles. The Bertz CT molecular complexity index is 291. The van der Waals surface area contributed by atoms with Crippen molar-refractivity contribution in [2.24, 2.45) is 5.92 Å². The van der Waals surface area contributed by atoms with Crippen LogP contribution in [-0.2, 0) is 6.42 Å². The van der Waals surface area contributed by atoms with Crippen LogP contribution < -0.4 is 5.32 Å². The molecule has 1 N–H and O–H groups in total. The highest BCUT2D eigenvalue weighted by atomic mass is 32.1. The molecule has 16 heavy (non-hydrogen) atoms. The number of hydrogen-bond donors (Lipinski definition) is 1. The highest BCUT2D eigenvalue weighted by Crippen LogP contribution is 2.16. The maximum Gasteiger partial charge on any atom is 0.00870 e. The molecular formula is C14H25NS. The Hall–Kier alpha value is -0.340. The summed E-state index contributed by atoms with van der Waals surface area (Å²) in [5.74, 6) is 0.831. The van der Waals surface area contributed by atoms with Crippen molar-refractivity contribution in [3.8, 4) is 0 Å². The minimum Gasteiger partial charge on any atom is -0.314 e. The van der Waals surface area contributed by atoms with Crippen molar-refractivity contribution in [2.45, 2.75) is 53.0 Å². The second-order valence-electron chi connectivity index (χ2n) is 5.11. The van der Waals surface area contributed by atoms with Gasteiger partial charge in [-0.3, -0.25) is 0 Å². The highest BCUT2D eigenvalue weighted by Gasteiger charge is 2.04. The van der Waals surface area contributed by atoms with Crippen LogP contribution in [0.3, 0.4) is 0 Å². The fourth-order valence-corrected chi connectivity index (χ4v) is 2.85. The third kappa shape index (κ3) is 5.66. The van der Waals surface area contributed by atoms with Crippen molar-refractivity contribution < 1.29 is 0 Å². The summed E-state index contributed by atoms with van der Waals surface area (Å²) in [6.45, 7) is 10.2. The molecule has 0 bridgehead atoms. The largest absolute Gasteiger partial charge is 0.314 e. The molecule has 92 valence electrons. The predicted molar refractivity (Wildman–Crippen MR) is 74.3 cm³/mol. The molecule has 1 nitrogen and oxygen atoms in total. The summed E-state index contributed by atoms with van der Waals surface area (Å²) in [5, 5.41) is 3.60. The van der Waals surface area contributed by atoms with Crippen LogP contribution >= 0.6 is 11.3 Å². The maximum absolute atomic E-state index is 3.60. The average Bonchev–Trinajstić information content (AvgIpc) is 2.58. The van der Waals surface area contributed by atoms with Crippen molar-refractivity contribution in [1.29, 1.82) is 0 Å². The first-order chi connectivity index (χ1) is 7.58. The van der Waals surface area contributed by atoms with E-state index in [1.807, 2.05) is 11.3 Å². The van der Waals surface area contributed by atoms with Gasteiger partial charge in [0.1, 0.15) is 0 Å². The lowest BCUT2D eigenvalue weighted by Gasteiger charge is -2.13. The standard InChI is InChI=1S/C14H25NS/c1-11(2)6-5-9-15-12(3)10-14-8-7-13(4)16-14/h7-8,11-12,15H,5-6,9-10H2,1-4H3. The molecule has 1 heterocycles. The van der Waals surface area contributed by atoms with E-state index in [9.17, 15) is 0 Å². The smallest absolute Gasteiger partial charge is 0.00870 e. The van der Waals surface area contributed by atoms with Gasteiger partial charge in [-0.25, -0.2) is 0 Å². The van der Waals surface area contributed by atoms with Gasteiger partial charge in [-0.1, -0.05) is 13.8 Å².